The maximum atomic E-state index is 5.97. The van der Waals surface area contributed by atoms with E-state index >= 15 is 0 Å². The molecule has 0 aliphatic heterocycles. The van der Waals surface area contributed by atoms with E-state index in [1.165, 1.54) is 0 Å². The van der Waals surface area contributed by atoms with Gasteiger partial charge in [-0.1, -0.05) is 11.6 Å². The number of anilines is 1. The first-order valence-electron chi connectivity index (χ1n) is 5.56. The van der Waals surface area contributed by atoms with Gasteiger partial charge in [-0.05, 0) is 32.9 Å². The Balaban J connectivity index is 2.82. The predicted molar refractivity (Wildman–Crippen MR) is 72.2 cm³/mol. The van der Waals surface area contributed by atoms with Crippen LogP contribution in [0.5, 0.6) is 5.75 Å². The molecule has 0 spiro atoms. The van der Waals surface area contributed by atoms with Gasteiger partial charge in [0.25, 0.3) is 0 Å². The van der Waals surface area contributed by atoms with Crippen LogP contribution >= 0.6 is 11.6 Å². The van der Waals surface area contributed by atoms with Gasteiger partial charge in [0, 0.05) is 18.9 Å². The van der Waals surface area contributed by atoms with Crippen LogP contribution in [0.1, 0.15) is 20.8 Å². The second kappa shape index (κ2) is 5.61. The zero-order chi connectivity index (χ0) is 13.1. The Morgan fingerprint density at radius 3 is 2.47 bits per heavy atom. The number of nitrogens with one attached hydrogen (secondary N) is 1. The lowest BCUT2D eigenvalue weighted by atomic mass is 10.00. The van der Waals surface area contributed by atoms with Crippen molar-refractivity contribution in [2.24, 2.45) is 0 Å². The highest BCUT2D eigenvalue weighted by Gasteiger charge is 2.25. The Morgan fingerprint density at radius 1 is 1.29 bits per heavy atom. The topological polar surface area (TPSA) is 30.5 Å². The minimum absolute atomic E-state index is 0.165. The molecule has 0 fully saturated rings. The van der Waals surface area contributed by atoms with Crippen LogP contribution in [0.15, 0.2) is 18.2 Å². The molecule has 1 rings (SSSR count). The molecule has 0 radical (unpaired) electrons. The van der Waals surface area contributed by atoms with E-state index in [-0.39, 0.29) is 11.6 Å². The van der Waals surface area contributed by atoms with Gasteiger partial charge in [-0.3, -0.25) is 0 Å². The number of hydrogen-bond acceptors (Lipinski definition) is 3. The van der Waals surface area contributed by atoms with E-state index in [1.807, 2.05) is 32.0 Å². The zero-order valence-corrected chi connectivity index (χ0v) is 11.8. The van der Waals surface area contributed by atoms with E-state index < -0.39 is 0 Å². The molecule has 0 aliphatic rings. The van der Waals surface area contributed by atoms with Gasteiger partial charge >= 0.3 is 0 Å². The molecule has 1 atom stereocenters. The Morgan fingerprint density at radius 2 is 1.94 bits per heavy atom. The predicted octanol–water partition coefficient (Wildman–Crippen LogP) is 3.57. The summed E-state index contributed by atoms with van der Waals surface area (Å²) >= 11 is 5.97. The molecule has 0 amide bonds. The van der Waals surface area contributed by atoms with Crippen LogP contribution < -0.4 is 10.1 Å². The molecule has 4 heteroatoms. The van der Waals surface area contributed by atoms with Gasteiger partial charge in [-0.15, -0.1) is 0 Å². The summed E-state index contributed by atoms with van der Waals surface area (Å²) in [6, 6.07) is 5.78. The standard InChI is InChI=1S/C13H20ClNO2/c1-9(13(2,3)17-5)15-10-6-7-11(14)12(8-10)16-4/h6-9,15H,1-5H3. The van der Waals surface area contributed by atoms with Gasteiger partial charge < -0.3 is 14.8 Å². The van der Waals surface area contributed by atoms with Crippen LogP contribution in [0.4, 0.5) is 5.69 Å². The molecule has 1 unspecified atom stereocenters. The number of benzene rings is 1. The lowest BCUT2D eigenvalue weighted by Gasteiger charge is -2.31. The molecular formula is C13H20ClNO2. The van der Waals surface area contributed by atoms with Crippen molar-refractivity contribution in [1.82, 2.24) is 0 Å². The number of methoxy groups -OCH3 is 2. The minimum Gasteiger partial charge on any atom is -0.495 e. The van der Waals surface area contributed by atoms with Crippen molar-refractivity contribution in [3.8, 4) is 5.75 Å². The van der Waals surface area contributed by atoms with Crippen LogP contribution in [0.3, 0.4) is 0 Å². The molecule has 17 heavy (non-hydrogen) atoms. The maximum absolute atomic E-state index is 5.97. The summed E-state index contributed by atoms with van der Waals surface area (Å²) in [7, 11) is 3.31. The van der Waals surface area contributed by atoms with Crippen molar-refractivity contribution < 1.29 is 9.47 Å². The third kappa shape index (κ3) is 3.51. The summed E-state index contributed by atoms with van der Waals surface area (Å²) < 4.78 is 10.6. The number of halogens is 1. The van der Waals surface area contributed by atoms with Crippen molar-refractivity contribution in [2.75, 3.05) is 19.5 Å². The molecule has 0 saturated heterocycles. The molecule has 0 aliphatic carbocycles. The lowest BCUT2D eigenvalue weighted by Crippen LogP contribution is -2.41. The molecule has 0 heterocycles. The fraction of sp³-hybridized carbons (Fsp3) is 0.538. The summed E-state index contributed by atoms with van der Waals surface area (Å²) in [6.45, 7) is 6.15. The van der Waals surface area contributed by atoms with Crippen LogP contribution in [-0.4, -0.2) is 25.9 Å². The van der Waals surface area contributed by atoms with Gasteiger partial charge in [0.2, 0.25) is 0 Å². The van der Waals surface area contributed by atoms with Crippen molar-refractivity contribution >= 4 is 17.3 Å². The summed E-state index contributed by atoms with van der Waals surface area (Å²) in [5.74, 6) is 0.666. The first-order chi connectivity index (χ1) is 7.90. The molecule has 96 valence electrons. The van der Waals surface area contributed by atoms with Gasteiger partial charge in [0.05, 0.1) is 23.8 Å². The smallest absolute Gasteiger partial charge is 0.139 e. The molecule has 0 aromatic heterocycles. The van der Waals surface area contributed by atoms with Crippen LogP contribution in [0, 0.1) is 0 Å². The average molecular weight is 258 g/mol. The fourth-order valence-corrected chi connectivity index (χ4v) is 1.54. The molecule has 3 nitrogen and oxygen atoms in total. The molecule has 0 saturated carbocycles. The molecule has 1 N–H and O–H groups in total. The Kier molecular flexibility index (Phi) is 4.66. The van der Waals surface area contributed by atoms with E-state index in [0.717, 1.165) is 5.69 Å². The third-order valence-electron chi connectivity index (χ3n) is 3.10. The minimum atomic E-state index is -0.243. The van der Waals surface area contributed by atoms with E-state index in [4.69, 9.17) is 21.1 Å². The van der Waals surface area contributed by atoms with E-state index in [9.17, 15) is 0 Å². The SMILES string of the molecule is COc1cc(NC(C)C(C)(C)OC)ccc1Cl. The quantitative estimate of drug-likeness (QED) is 0.875. The normalized spacial score (nSPS) is 13.3. The van der Waals surface area contributed by atoms with Gasteiger partial charge in [-0.25, -0.2) is 0 Å². The summed E-state index contributed by atoms with van der Waals surface area (Å²) in [6.07, 6.45) is 0. The number of rotatable bonds is 5. The first kappa shape index (κ1) is 14.1. The highest BCUT2D eigenvalue weighted by Crippen LogP contribution is 2.28. The monoisotopic (exact) mass is 257 g/mol. The molecular weight excluding hydrogens is 238 g/mol. The third-order valence-corrected chi connectivity index (χ3v) is 3.42. The largest absolute Gasteiger partial charge is 0.495 e. The summed E-state index contributed by atoms with van der Waals surface area (Å²) in [4.78, 5) is 0. The highest BCUT2D eigenvalue weighted by molar-refractivity contribution is 6.32. The Hall–Kier alpha value is -0.930. The van der Waals surface area contributed by atoms with Crippen LogP contribution in [0.2, 0.25) is 5.02 Å². The van der Waals surface area contributed by atoms with Gasteiger partial charge in [-0.2, -0.15) is 0 Å². The Labute approximate surface area is 108 Å². The number of ether oxygens (including phenoxy) is 2. The summed E-state index contributed by atoms with van der Waals surface area (Å²) in [5, 5.41) is 3.98. The fourth-order valence-electron chi connectivity index (χ4n) is 1.35. The maximum Gasteiger partial charge on any atom is 0.139 e. The van der Waals surface area contributed by atoms with Crippen molar-refractivity contribution in [3.05, 3.63) is 23.2 Å². The van der Waals surface area contributed by atoms with Crippen molar-refractivity contribution in [1.29, 1.82) is 0 Å². The lowest BCUT2D eigenvalue weighted by molar-refractivity contribution is 0.0107. The van der Waals surface area contributed by atoms with E-state index in [2.05, 4.69) is 12.2 Å². The molecule has 1 aromatic rings. The van der Waals surface area contributed by atoms with Crippen molar-refractivity contribution in [2.45, 2.75) is 32.4 Å². The highest BCUT2D eigenvalue weighted by atomic mass is 35.5. The molecule has 0 bridgehead atoms. The van der Waals surface area contributed by atoms with Crippen LogP contribution in [-0.2, 0) is 4.74 Å². The second-order valence-electron chi connectivity index (χ2n) is 4.52. The first-order valence-corrected chi connectivity index (χ1v) is 5.93. The Bertz CT molecular complexity index is 380. The van der Waals surface area contributed by atoms with Crippen LogP contribution in [0.25, 0.3) is 0 Å². The molecule has 1 aromatic carbocycles. The van der Waals surface area contributed by atoms with E-state index in [0.29, 0.717) is 10.8 Å². The second-order valence-corrected chi connectivity index (χ2v) is 4.93. The summed E-state index contributed by atoms with van der Waals surface area (Å²) in [5.41, 5.74) is 0.719. The van der Waals surface area contributed by atoms with Crippen molar-refractivity contribution in [3.63, 3.8) is 0 Å². The van der Waals surface area contributed by atoms with Gasteiger partial charge in [0.1, 0.15) is 5.75 Å². The zero-order valence-electron chi connectivity index (χ0n) is 11.0. The van der Waals surface area contributed by atoms with Gasteiger partial charge in [0.15, 0.2) is 0 Å². The average Bonchev–Trinajstić information content (AvgIpc) is 2.31. The number of hydrogen-bond donors (Lipinski definition) is 1. The van der Waals surface area contributed by atoms with E-state index in [1.54, 1.807) is 14.2 Å².